The van der Waals surface area contributed by atoms with Gasteiger partial charge in [-0.15, -0.1) is 0 Å². The van der Waals surface area contributed by atoms with Crippen LogP contribution in [0.1, 0.15) is 33.3 Å². The maximum absolute atomic E-state index is 12.0. The van der Waals surface area contributed by atoms with E-state index in [1.165, 1.54) is 0 Å². The van der Waals surface area contributed by atoms with Crippen LogP contribution in [0.4, 0.5) is 34.5 Å². The fourth-order valence-electron chi connectivity index (χ4n) is 3.53. The minimum Gasteiger partial charge on any atom is -0.375 e. The van der Waals surface area contributed by atoms with E-state index in [0.29, 0.717) is 18.3 Å². The van der Waals surface area contributed by atoms with Gasteiger partial charge in [0.05, 0.1) is 0 Å². The van der Waals surface area contributed by atoms with E-state index in [2.05, 4.69) is 25.9 Å². The minimum atomic E-state index is -0.581. The molecule has 0 unspecified atom stereocenters. The Bertz CT molecular complexity index is 1240. The third-order valence-electron chi connectivity index (χ3n) is 4.94. The molecule has 3 N–H and O–H groups in total. The number of hydrogen-bond acceptors (Lipinski definition) is 8. The zero-order valence-electron chi connectivity index (χ0n) is 17.9. The molecule has 9 nitrogen and oxygen atoms in total. The second kappa shape index (κ2) is 7.50. The molecule has 0 spiro atoms. The molecular weight excluding hydrogens is 396 g/mol. The molecule has 0 fully saturated rings. The van der Waals surface area contributed by atoms with Crippen LogP contribution in [0.5, 0.6) is 0 Å². The number of carbonyl (C=O) groups excluding carboxylic acids is 1. The number of anilines is 6. The lowest BCUT2D eigenvalue weighted by atomic mass is 10.1. The summed E-state index contributed by atoms with van der Waals surface area (Å²) in [6, 6.07) is 7.41. The fraction of sp³-hybridized carbons (Fsp3) is 0.318. The van der Waals surface area contributed by atoms with Gasteiger partial charge in [-0.1, -0.05) is 6.07 Å². The van der Waals surface area contributed by atoms with E-state index in [9.17, 15) is 14.4 Å². The average molecular weight is 420 g/mol. The van der Waals surface area contributed by atoms with Crippen LogP contribution in [0.25, 0.3) is 0 Å². The van der Waals surface area contributed by atoms with Gasteiger partial charge in [0.15, 0.2) is 0 Å². The number of aromatic nitrogens is 2. The molecule has 0 saturated carbocycles. The summed E-state index contributed by atoms with van der Waals surface area (Å²) in [5.74, 6) is 0.709. The maximum Gasteiger partial charge on any atom is 0.253 e. The molecule has 31 heavy (non-hydrogen) atoms. The maximum atomic E-state index is 12.0. The van der Waals surface area contributed by atoms with E-state index in [4.69, 9.17) is 0 Å². The molecule has 0 saturated heterocycles. The van der Waals surface area contributed by atoms with Gasteiger partial charge >= 0.3 is 0 Å². The molecule has 0 radical (unpaired) electrons. The molecule has 4 rings (SSSR count). The minimum absolute atomic E-state index is 0.00556. The molecule has 0 aliphatic carbocycles. The van der Waals surface area contributed by atoms with Gasteiger partial charge in [-0.2, -0.15) is 4.98 Å². The lowest BCUT2D eigenvalue weighted by Crippen LogP contribution is -2.41. The van der Waals surface area contributed by atoms with Gasteiger partial charge in [0.25, 0.3) is 10.9 Å². The summed E-state index contributed by atoms with van der Waals surface area (Å²) in [4.78, 5) is 46.2. The fourth-order valence-corrected chi connectivity index (χ4v) is 3.53. The van der Waals surface area contributed by atoms with Gasteiger partial charge in [-0.25, -0.2) is 4.98 Å². The Balaban J connectivity index is 1.54. The van der Waals surface area contributed by atoms with Crippen molar-refractivity contribution in [3.8, 4) is 0 Å². The smallest absolute Gasteiger partial charge is 0.253 e. The lowest BCUT2D eigenvalue weighted by Gasteiger charge is -2.24. The Morgan fingerprint density at radius 1 is 1.06 bits per heavy atom. The highest BCUT2D eigenvalue weighted by Gasteiger charge is 2.25. The summed E-state index contributed by atoms with van der Waals surface area (Å²) in [6.07, 6.45) is 2.38. The van der Waals surface area contributed by atoms with Gasteiger partial charge in [-0.3, -0.25) is 14.4 Å². The third-order valence-corrected chi connectivity index (χ3v) is 4.94. The highest BCUT2D eigenvalue weighted by atomic mass is 16.2. The van der Waals surface area contributed by atoms with Crippen LogP contribution in [-0.4, -0.2) is 28.0 Å². The summed E-state index contributed by atoms with van der Waals surface area (Å²) < 4.78 is 0. The molecule has 0 atom stereocenters. The first-order valence-electron chi connectivity index (χ1n) is 10.0. The van der Waals surface area contributed by atoms with Crippen molar-refractivity contribution < 1.29 is 4.79 Å². The molecule has 1 aliphatic rings. The number of nitrogens with one attached hydrogen (secondary N) is 3. The second-order valence-corrected chi connectivity index (χ2v) is 8.56. The van der Waals surface area contributed by atoms with E-state index < -0.39 is 10.9 Å². The van der Waals surface area contributed by atoms with Crippen molar-refractivity contribution in [3.63, 3.8) is 0 Å². The zero-order valence-corrected chi connectivity index (χ0v) is 17.9. The molecule has 3 aromatic rings. The molecule has 1 aromatic heterocycles. The molecule has 9 heteroatoms. The highest BCUT2D eigenvalue weighted by molar-refractivity contribution is 5.94. The predicted molar refractivity (Wildman–Crippen MR) is 122 cm³/mol. The van der Waals surface area contributed by atoms with Crippen molar-refractivity contribution in [2.24, 2.45) is 0 Å². The van der Waals surface area contributed by atoms with Gasteiger partial charge in [0.1, 0.15) is 17.2 Å². The predicted octanol–water partition coefficient (Wildman–Crippen LogP) is 2.68. The van der Waals surface area contributed by atoms with Crippen molar-refractivity contribution in [3.05, 3.63) is 56.5 Å². The first-order valence-corrected chi connectivity index (χ1v) is 10.0. The molecule has 0 bridgehead atoms. The van der Waals surface area contributed by atoms with Crippen LogP contribution in [0.3, 0.4) is 0 Å². The Hall–Kier alpha value is -3.75. The monoisotopic (exact) mass is 420 g/mol. The van der Waals surface area contributed by atoms with E-state index in [1.54, 1.807) is 24.1 Å². The number of benzene rings is 1. The Morgan fingerprint density at radius 2 is 1.81 bits per heavy atom. The molecular formula is C22H24N6O3. The standard InChI is InChI=1S/C22H24N6O3/c1-12(29)28-10-8-13-5-6-14(11-15(13)28)24-21-23-9-7-16(26-21)25-17-18(20(31)19(17)30)27-22(2,3)4/h5-7,9,11,27H,8,10H2,1-4H3,(H2,23,24,25,26). The summed E-state index contributed by atoms with van der Waals surface area (Å²) in [7, 11) is 0. The van der Waals surface area contributed by atoms with E-state index >= 15 is 0 Å². The number of fused-ring (bicyclic) bond motifs is 1. The molecule has 2 aromatic carbocycles. The molecule has 1 amide bonds. The van der Waals surface area contributed by atoms with Crippen LogP contribution in [-0.2, 0) is 11.2 Å². The van der Waals surface area contributed by atoms with E-state index in [0.717, 1.165) is 23.4 Å². The third kappa shape index (κ3) is 4.11. The first-order chi connectivity index (χ1) is 14.6. The molecule has 1 aliphatic heterocycles. The van der Waals surface area contributed by atoms with Crippen LogP contribution in [0.2, 0.25) is 0 Å². The Morgan fingerprint density at radius 3 is 2.52 bits per heavy atom. The van der Waals surface area contributed by atoms with Crippen molar-refractivity contribution in [1.29, 1.82) is 0 Å². The summed E-state index contributed by atoms with van der Waals surface area (Å²) in [5, 5.41) is 9.11. The van der Waals surface area contributed by atoms with E-state index in [1.807, 2.05) is 39.0 Å². The van der Waals surface area contributed by atoms with Gasteiger partial charge < -0.3 is 20.9 Å². The Labute approximate surface area is 179 Å². The SMILES string of the molecule is CC(=O)N1CCc2ccc(Nc3nccc(Nc4c(NC(C)(C)C)c(=O)c4=O)n3)cc21. The second-order valence-electron chi connectivity index (χ2n) is 8.56. The van der Waals surface area contributed by atoms with Crippen molar-refractivity contribution in [2.75, 3.05) is 27.4 Å². The van der Waals surface area contributed by atoms with Crippen molar-refractivity contribution in [2.45, 2.75) is 39.7 Å². The van der Waals surface area contributed by atoms with Crippen molar-refractivity contribution in [1.82, 2.24) is 9.97 Å². The quantitative estimate of drug-likeness (QED) is 0.540. The number of nitrogens with zero attached hydrogens (tertiary/aromatic N) is 3. The summed E-state index contributed by atoms with van der Waals surface area (Å²) in [5.41, 5.74) is 1.71. The van der Waals surface area contributed by atoms with Crippen LogP contribution < -0.4 is 31.7 Å². The summed E-state index contributed by atoms with van der Waals surface area (Å²) in [6.45, 7) is 7.95. The average Bonchev–Trinajstić information content (AvgIpc) is 3.13. The number of carbonyl (C=O) groups is 1. The number of hydrogen-bond donors (Lipinski definition) is 3. The summed E-state index contributed by atoms with van der Waals surface area (Å²) >= 11 is 0. The Kier molecular flexibility index (Phi) is 4.96. The van der Waals surface area contributed by atoms with E-state index in [-0.39, 0.29) is 22.8 Å². The van der Waals surface area contributed by atoms with Gasteiger partial charge in [0, 0.05) is 36.6 Å². The van der Waals surface area contributed by atoms with Crippen molar-refractivity contribution >= 4 is 40.4 Å². The largest absolute Gasteiger partial charge is 0.375 e. The van der Waals surface area contributed by atoms with Crippen LogP contribution >= 0.6 is 0 Å². The van der Waals surface area contributed by atoms with Crippen LogP contribution in [0.15, 0.2) is 40.1 Å². The first kappa shape index (κ1) is 20.5. The van der Waals surface area contributed by atoms with Gasteiger partial charge in [0.2, 0.25) is 11.9 Å². The van der Waals surface area contributed by atoms with Gasteiger partial charge in [-0.05, 0) is 51.0 Å². The number of rotatable bonds is 5. The zero-order chi connectivity index (χ0) is 22.3. The van der Waals surface area contributed by atoms with Crippen LogP contribution in [0, 0.1) is 0 Å². The number of amides is 1. The highest BCUT2D eigenvalue weighted by Crippen LogP contribution is 2.32. The molecule has 160 valence electrons. The lowest BCUT2D eigenvalue weighted by molar-refractivity contribution is -0.116. The topological polar surface area (TPSA) is 116 Å². The molecule has 2 heterocycles. The normalized spacial score (nSPS) is 13.2.